The Balaban J connectivity index is 2.19. The Morgan fingerprint density at radius 2 is 2.54 bits per heavy atom. The zero-order valence-electron chi connectivity index (χ0n) is 7.93. The minimum atomic E-state index is 0.476. The molecule has 2 heterocycles. The molecule has 1 aliphatic heterocycles. The van der Waals surface area contributed by atoms with Crippen molar-refractivity contribution in [3.05, 3.63) is 20.8 Å². The SMILES string of the molecule is CCC1(C)CNC1c1cc(Br)cs1. The second-order valence-electron chi connectivity index (χ2n) is 3.99. The molecule has 1 aromatic rings. The molecule has 72 valence electrons. The van der Waals surface area contributed by atoms with Gasteiger partial charge in [0, 0.05) is 32.7 Å². The summed E-state index contributed by atoms with van der Waals surface area (Å²) in [5, 5.41) is 5.66. The summed E-state index contributed by atoms with van der Waals surface area (Å²) < 4.78 is 1.21. The molecule has 0 spiro atoms. The second kappa shape index (κ2) is 3.37. The first-order valence-corrected chi connectivity index (χ1v) is 6.30. The predicted octanol–water partition coefficient (Wildman–Crippen LogP) is 3.57. The first-order chi connectivity index (χ1) is 6.15. The van der Waals surface area contributed by atoms with Crippen molar-refractivity contribution in [3.63, 3.8) is 0 Å². The highest BCUT2D eigenvalue weighted by Crippen LogP contribution is 2.45. The van der Waals surface area contributed by atoms with Crippen molar-refractivity contribution in [2.75, 3.05) is 6.54 Å². The molecular weight excluding hydrogens is 246 g/mol. The fourth-order valence-corrected chi connectivity index (χ4v) is 3.50. The van der Waals surface area contributed by atoms with E-state index in [1.807, 2.05) is 11.3 Å². The maximum atomic E-state index is 3.51. The summed E-state index contributed by atoms with van der Waals surface area (Å²) in [6.45, 7) is 5.79. The maximum Gasteiger partial charge on any atom is 0.0482 e. The highest BCUT2D eigenvalue weighted by molar-refractivity contribution is 9.10. The molecule has 2 atom stereocenters. The molecule has 1 fully saturated rings. The van der Waals surface area contributed by atoms with Crippen LogP contribution < -0.4 is 5.32 Å². The average molecular weight is 260 g/mol. The summed E-state index contributed by atoms with van der Waals surface area (Å²) in [5.41, 5.74) is 0.476. The molecule has 1 nitrogen and oxygen atoms in total. The third-order valence-corrected chi connectivity index (χ3v) is 4.85. The Morgan fingerprint density at radius 3 is 2.92 bits per heavy atom. The number of thiophene rings is 1. The van der Waals surface area contributed by atoms with E-state index in [0.717, 1.165) is 6.54 Å². The third-order valence-electron chi connectivity index (χ3n) is 3.09. The molecule has 0 radical (unpaired) electrons. The van der Waals surface area contributed by atoms with Crippen LogP contribution in [0.15, 0.2) is 15.9 Å². The van der Waals surface area contributed by atoms with Crippen molar-refractivity contribution < 1.29 is 0 Å². The van der Waals surface area contributed by atoms with Crippen LogP contribution >= 0.6 is 27.3 Å². The highest BCUT2D eigenvalue weighted by Gasteiger charge is 2.42. The van der Waals surface area contributed by atoms with Gasteiger partial charge in [-0.25, -0.2) is 0 Å². The van der Waals surface area contributed by atoms with E-state index in [1.54, 1.807) is 0 Å². The minimum Gasteiger partial charge on any atom is -0.308 e. The van der Waals surface area contributed by atoms with Crippen LogP contribution in [0.25, 0.3) is 0 Å². The molecule has 13 heavy (non-hydrogen) atoms. The molecule has 1 aliphatic rings. The highest BCUT2D eigenvalue weighted by atomic mass is 79.9. The van der Waals surface area contributed by atoms with Gasteiger partial charge in [-0.3, -0.25) is 0 Å². The minimum absolute atomic E-state index is 0.476. The Kier molecular flexibility index (Phi) is 2.51. The van der Waals surface area contributed by atoms with Gasteiger partial charge in [0.1, 0.15) is 0 Å². The lowest BCUT2D eigenvalue weighted by Gasteiger charge is -2.47. The summed E-state index contributed by atoms with van der Waals surface area (Å²) in [4.78, 5) is 1.46. The number of rotatable bonds is 2. The topological polar surface area (TPSA) is 12.0 Å². The van der Waals surface area contributed by atoms with Crippen LogP contribution in [0.4, 0.5) is 0 Å². The Bertz CT molecular complexity index is 306. The lowest BCUT2D eigenvalue weighted by atomic mass is 9.72. The Labute approximate surface area is 91.7 Å². The molecule has 1 N–H and O–H groups in total. The van der Waals surface area contributed by atoms with Crippen molar-refractivity contribution in [1.29, 1.82) is 0 Å². The van der Waals surface area contributed by atoms with Gasteiger partial charge in [-0.15, -0.1) is 11.3 Å². The molecule has 0 bridgehead atoms. The first kappa shape index (κ1) is 9.69. The smallest absolute Gasteiger partial charge is 0.0482 e. The van der Waals surface area contributed by atoms with Gasteiger partial charge in [0.25, 0.3) is 0 Å². The van der Waals surface area contributed by atoms with E-state index < -0.39 is 0 Å². The fraction of sp³-hybridized carbons (Fsp3) is 0.600. The molecule has 0 aliphatic carbocycles. The van der Waals surface area contributed by atoms with Crippen LogP contribution in [0.3, 0.4) is 0 Å². The third kappa shape index (κ3) is 1.58. The van der Waals surface area contributed by atoms with Gasteiger partial charge in [-0.1, -0.05) is 13.8 Å². The summed E-state index contributed by atoms with van der Waals surface area (Å²) >= 11 is 5.34. The molecule has 1 saturated heterocycles. The van der Waals surface area contributed by atoms with Gasteiger partial charge >= 0.3 is 0 Å². The van der Waals surface area contributed by atoms with E-state index in [4.69, 9.17) is 0 Å². The average Bonchev–Trinajstić information content (AvgIpc) is 2.48. The van der Waals surface area contributed by atoms with Gasteiger partial charge in [-0.2, -0.15) is 0 Å². The van der Waals surface area contributed by atoms with E-state index >= 15 is 0 Å². The van der Waals surface area contributed by atoms with Crippen molar-refractivity contribution in [2.45, 2.75) is 26.3 Å². The van der Waals surface area contributed by atoms with Crippen LogP contribution in [-0.4, -0.2) is 6.54 Å². The quantitative estimate of drug-likeness (QED) is 0.857. The largest absolute Gasteiger partial charge is 0.308 e. The summed E-state index contributed by atoms with van der Waals surface area (Å²) in [6, 6.07) is 2.81. The predicted molar refractivity (Wildman–Crippen MR) is 61.2 cm³/mol. The molecule has 3 heteroatoms. The molecule has 0 saturated carbocycles. The maximum absolute atomic E-state index is 3.51. The molecule has 1 aromatic heterocycles. The van der Waals surface area contributed by atoms with Crippen molar-refractivity contribution in [1.82, 2.24) is 5.32 Å². The lowest BCUT2D eigenvalue weighted by Crippen LogP contribution is -2.53. The molecule has 2 unspecified atom stereocenters. The molecule has 0 amide bonds. The number of halogens is 1. The van der Waals surface area contributed by atoms with E-state index in [0.29, 0.717) is 11.5 Å². The van der Waals surface area contributed by atoms with Crippen LogP contribution in [0.2, 0.25) is 0 Å². The van der Waals surface area contributed by atoms with Crippen LogP contribution in [0.5, 0.6) is 0 Å². The Morgan fingerprint density at radius 1 is 1.77 bits per heavy atom. The normalized spacial score (nSPS) is 33.0. The van der Waals surface area contributed by atoms with Gasteiger partial charge in [-0.05, 0) is 28.4 Å². The van der Waals surface area contributed by atoms with E-state index in [9.17, 15) is 0 Å². The standard InChI is InChI=1S/C10H14BrNS/c1-3-10(2)6-12-9(10)8-4-7(11)5-13-8/h4-5,9,12H,3,6H2,1-2H3. The van der Waals surface area contributed by atoms with Crippen molar-refractivity contribution >= 4 is 27.3 Å². The zero-order valence-corrected chi connectivity index (χ0v) is 10.3. The monoisotopic (exact) mass is 259 g/mol. The number of hydrogen-bond acceptors (Lipinski definition) is 2. The van der Waals surface area contributed by atoms with Crippen LogP contribution in [-0.2, 0) is 0 Å². The van der Waals surface area contributed by atoms with Crippen LogP contribution in [0.1, 0.15) is 31.2 Å². The van der Waals surface area contributed by atoms with Gasteiger partial charge < -0.3 is 5.32 Å². The molecular formula is C10H14BrNS. The van der Waals surface area contributed by atoms with E-state index in [-0.39, 0.29) is 0 Å². The van der Waals surface area contributed by atoms with Gasteiger partial charge in [0.15, 0.2) is 0 Å². The van der Waals surface area contributed by atoms with E-state index in [1.165, 1.54) is 15.8 Å². The summed E-state index contributed by atoms with van der Waals surface area (Å²) in [7, 11) is 0. The summed E-state index contributed by atoms with van der Waals surface area (Å²) in [5.74, 6) is 0. The Hall–Kier alpha value is 0.140. The van der Waals surface area contributed by atoms with Crippen molar-refractivity contribution in [2.24, 2.45) is 5.41 Å². The number of nitrogens with one attached hydrogen (secondary N) is 1. The van der Waals surface area contributed by atoms with Crippen molar-refractivity contribution in [3.8, 4) is 0 Å². The molecule has 2 rings (SSSR count). The lowest BCUT2D eigenvalue weighted by molar-refractivity contribution is 0.102. The first-order valence-electron chi connectivity index (χ1n) is 4.63. The van der Waals surface area contributed by atoms with Crippen LogP contribution in [0, 0.1) is 5.41 Å². The fourth-order valence-electron chi connectivity index (χ4n) is 1.81. The summed E-state index contributed by atoms with van der Waals surface area (Å²) in [6.07, 6.45) is 1.25. The molecule has 0 aromatic carbocycles. The zero-order chi connectivity index (χ0) is 9.47. The van der Waals surface area contributed by atoms with E-state index in [2.05, 4.69) is 46.5 Å². The van der Waals surface area contributed by atoms with Gasteiger partial charge in [0.05, 0.1) is 0 Å². The van der Waals surface area contributed by atoms with Gasteiger partial charge in [0.2, 0.25) is 0 Å². The number of hydrogen-bond donors (Lipinski definition) is 1. The second-order valence-corrected chi connectivity index (χ2v) is 5.85.